The van der Waals surface area contributed by atoms with Crippen LogP contribution in [0.3, 0.4) is 0 Å². The molecular weight excluding hydrogens is 693 g/mol. The summed E-state index contributed by atoms with van der Waals surface area (Å²) in [5, 5.41) is 9.24. The molecule has 0 saturated carbocycles. The lowest BCUT2D eigenvalue weighted by Gasteiger charge is -2.14. The molecule has 4 heterocycles. The third-order valence-electron chi connectivity index (χ3n) is 10.8. The number of hydrogen-bond acceptors (Lipinski definition) is 5. The van der Waals surface area contributed by atoms with E-state index in [1.54, 1.807) is 0 Å². The SMILES string of the molecule is c1ccc(-c2nc(-c3ccccc3)nc(-c3ccc4c(-n5c6ccccc6c6ccc7sc8ccccc8c7c65)cc5c6ccccc6oc5c4c3)n2)cc1. The molecule has 12 rings (SSSR count). The third kappa shape index (κ3) is 4.55. The average Bonchev–Trinajstić information content (AvgIpc) is 3.93. The van der Waals surface area contributed by atoms with E-state index in [9.17, 15) is 0 Å². The highest BCUT2D eigenvalue weighted by molar-refractivity contribution is 7.26. The molecule has 12 aromatic rings. The monoisotopic (exact) mass is 720 g/mol. The highest BCUT2D eigenvalue weighted by atomic mass is 32.1. The maximum Gasteiger partial charge on any atom is 0.164 e. The predicted octanol–water partition coefficient (Wildman–Crippen LogP) is 13.4. The van der Waals surface area contributed by atoms with Crippen molar-refractivity contribution in [3.63, 3.8) is 0 Å². The van der Waals surface area contributed by atoms with E-state index < -0.39 is 0 Å². The van der Waals surface area contributed by atoms with Crippen LogP contribution in [0.2, 0.25) is 0 Å². The third-order valence-corrected chi connectivity index (χ3v) is 12.0. The normalized spacial score (nSPS) is 12.0. The van der Waals surface area contributed by atoms with Crippen molar-refractivity contribution in [3.05, 3.63) is 170 Å². The minimum atomic E-state index is 0.604. The Morgan fingerprint density at radius 1 is 0.418 bits per heavy atom. The van der Waals surface area contributed by atoms with Crippen molar-refractivity contribution in [2.24, 2.45) is 0 Å². The Bertz CT molecular complexity index is 3430. The van der Waals surface area contributed by atoms with Crippen molar-refractivity contribution in [1.82, 2.24) is 19.5 Å². The van der Waals surface area contributed by atoms with Crippen LogP contribution >= 0.6 is 11.3 Å². The summed E-state index contributed by atoms with van der Waals surface area (Å²) in [5.74, 6) is 1.86. The fourth-order valence-electron chi connectivity index (χ4n) is 8.36. The Morgan fingerprint density at radius 2 is 1.02 bits per heavy atom. The molecule has 0 aliphatic rings. The van der Waals surface area contributed by atoms with Crippen LogP contribution in [0.4, 0.5) is 0 Å². The number of thiophene rings is 1. The molecule has 55 heavy (non-hydrogen) atoms. The summed E-state index contributed by atoms with van der Waals surface area (Å²) < 4.78 is 11.8. The van der Waals surface area contributed by atoms with Gasteiger partial charge in [-0.1, -0.05) is 133 Å². The Hall–Kier alpha value is -7.15. The second-order valence-electron chi connectivity index (χ2n) is 14.0. The number of benzene rings is 8. The fourth-order valence-corrected chi connectivity index (χ4v) is 9.46. The van der Waals surface area contributed by atoms with E-state index in [1.807, 2.05) is 78.1 Å². The van der Waals surface area contributed by atoms with Crippen LogP contribution in [0.15, 0.2) is 174 Å². The van der Waals surface area contributed by atoms with Crippen LogP contribution < -0.4 is 0 Å². The van der Waals surface area contributed by atoms with Crippen LogP contribution in [0, 0.1) is 0 Å². The topological polar surface area (TPSA) is 56.7 Å². The number of rotatable bonds is 4. The van der Waals surface area contributed by atoms with Crippen LogP contribution in [-0.2, 0) is 0 Å². The van der Waals surface area contributed by atoms with E-state index in [-0.39, 0.29) is 0 Å². The average molecular weight is 721 g/mol. The molecule has 0 fully saturated rings. The largest absolute Gasteiger partial charge is 0.455 e. The van der Waals surface area contributed by atoms with E-state index in [1.165, 1.54) is 36.5 Å². The van der Waals surface area contributed by atoms with Crippen LogP contribution in [-0.4, -0.2) is 19.5 Å². The summed E-state index contributed by atoms with van der Waals surface area (Å²) in [6.07, 6.45) is 0. The van der Waals surface area contributed by atoms with E-state index >= 15 is 0 Å². The van der Waals surface area contributed by atoms with Crippen molar-refractivity contribution >= 4 is 86.0 Å². The van der Waals surface area contributed by atoms with Crippen molar-refractivity contribution in [2.75, 3.05) is 0 Å². The second-order valence-corrected chi connectivity index (χ2v) is 15.0. The molecule has 256 valence electrons. The Labute approximate surface area is 318 Å². The maximum absolute atomic E-state index is 6.74. The van der Waals surface area contributed by atoms with Gasteiger partial charge in [-0.2, -0.15) is 0 Å². The molecule has 8 aromatic carbocycles. The molecule has 0 atom stereocenters. The zero-order chi connectivity index (χ0) is 36.0. The van der Waals surface area contributed by atoms with Gasteiger partial charge < -0.3 is 8.98 Å². The zero-order valence-corrected chi connectivity index (χ0v) is 30.1. The molecule has 0 spiro atoms. The van der Waals surface area contributed by atoms with Gasteiger partial charge in [-0.3, -0.25) is 0 Å². The first-order valence-corrected chi connectivity index (χ1v) is 19.2. The van der Waals surface area contributed by atoms with Crippen molar-refractivity contribution in [2.45, 2.75) is 0 Å². The molecule has 6 heteroatoms. The van der Waals surface area contributed by atoms with Crippen LogP contribution in [0.5, 0.6) is 0 Å². The smallest absolute Gasteiger partial charge is 0.164 e. The standard InChI is InChI=1S/C49H28N4OS/c1-3-13-29(14-4-1)47-50-48(30-15-5-2-6-16-30)52-49(51-47)31-23-24-33-37(27-31)46-38(34-18-8-11-21-41(34)54-46)28-40(33)53-39-20-10-7-17-32(39)35-25-26-43-44(45(35)53)36-19-9-12-22-42(36)55-43/h1-28H. The Balaban J connectivity index is 1.20. The quantitative estimate of drug-likeness (QED) is 0.182. The number of aromatic nitrogens is 4. The van der Waals surface area contributed by atoms with Gasteiger partial charge in [0.2, 0.25) is 0 Å². The first-order chi connectivity index (χ1) is 27.3. The predicted molar refractivity (Wildman–Crippen MR) is 228 cm³/mol. The number of nitrogens with zero attached hydrogens (tertiary/aromatic N) is 4. The lowest BCUT2D eigenvalue weighted by atomic mass is 10.0. The van der Waals surface area contributed by atoms with Gasteiger partial charge in [0.1, 0.15) is 11.2 Å². The number of furan rings is 1. The van der Waals surface area contributed by atoms with Gasteiger partial charge in [0.15, 0.2) is 17.5 Å². The zero-order valence-electron chi connectivity index (χ0n) is 29.3. The second kappa shape index (κ2) is 11.7. The lowest BCUT2D eigenvalue weighted by Crippen LogP contribution is -2.00. The number of para-hydroxylation sites is 2. The van der Waals surface area contributed by atoms with E-state index in [4.69, 9.17) is 19.4 Å². The van der Waals surface area contributed by atoms with Gasteiger partial charge in [-0.05, 0) is 36.4 Å². The molecule has 0 radical (unpaired) electrons. The molecule has 0 unspecified atom stereocenters. The van der Waals surface area contributed by atoms with Crippen molar-refractivity contribution in [3.8, 4) is 39.9 Å². The Kier molecular flexibility index (Phi) is 6.44. The van der Waals surface area contributed by atoms with Gasteiger partial charge >= 0.3 is 0 Å². The van der Waals surface area contributed by atoms with Gasteiger partial charge in [0.25, 0.3) is 0 Å². The van der Waals surface area contributed by atoms with E-state index in [0.717, 1.165) is 60.6 Å². The molecule has 0 saturated heterocycles. The molecule has 4 aromatic heterocycles. The molecule has 0 aliphatic heterocycles. The van der Waals surface area contributed by atoms with Gasteiger partial charge in [-0.25, -0.2) is 15.0 Å². The van der Waals surface area contributed by atoms with Crippen LogP contribution in [0.1, 0.15) is 0 Å². The van der Waals surface area contributed by atoms with E-state index in [0.29, 0.717) is 17.5 Å². The Morgan fingerprint density at radius 3 is 1.78 bits per heavy atom. The first-order valence-electron chi connectivity index (χ1n) is 18.4. The highest BCUT2D eigenvalue weighted by Crippen LogP contribution is 2.46. The molecule has 0 N–H and O–H groups in total. The van der Waals surface area contributed by atoms with E-state index in [2.05, 4.69) is 108 Å². The molecule has 5 nitrogen and oxygen atoms in total. The summed E-state index contributed by atoms with van der Waals surface area (Å²) in [5.41, 5.74) is 7.93. The molecule has 0 amide bonds. The van der Waals surface area contributed by atoms with Crippen LogP contribution in [0.25, 0.3) is 115 Å². The highest BCUT2D eigenvalue weighted by Gasteiger charge is 2.22. The van der Waals surface area contributed by atoms with Gasteiger partial charge in [-0.15, -0.1) is 11.3 Å². The fraction of sp³-hybridized carbons (Fsp3) is 0. The minimum Gasteiger partial charge on any atom is -0.455 e. The minimum absolute atomic E-state index is 0.604. The first kappa shape index (κ1) is 30.3. The lowest BCUT2D eigenvalue weighted by molar-refractivity contribution is 0.672. The number of fused-ring (bicyclic) bond motifs is 12. The molecule has 0 aliphatic carbocycles. The summed E-state index contributed by atoms with van der Waals surface area (Å²) in [6.45, 7) is 0. The summed E-state index contributed by atoms with van der Waals surface area (Å²) >= 11 is 1.85. The van der Waals surface area contributed by atoms with Gasteiger partial charge in [0, 0.05) is 69.2 Å². The van der Waals surface area contributed by atoms with Crippen molar-refractivity contribution in [1.29, 1.82) is 0 Å². The maximum atomic E-state index is 6.74. The van der Waals surface area contributed by atoms with Crippen molar-refractivity contribution < 1.29 is 4.42 Å². The molecule has 0 bridgehead atoms. The number of hydrogen-bond donors (Lipinski definition) is 0. The summed E-state index contributed by atoms with van der Waals surface area (Å²) in [6, 6.07) is 59.6. The summed E-state index contributed by atoms with van der Waals surface area (Å²) in [4.78, 5) is 15.1. The molecular formula is C49H28N4OS. The van der Waals surface area contributed by atoms with Gasteiger partial charge in [0.05, 0.1) is 16.7 Å². The summed E-state index contributed by atoms with van der Waals surface area (Å²) in [7, 11) is 0.